The van der Waals surface area contributed by atoms with Gasteiger partial charge in [0.15, 0.2) is 0 Å². The average Bonchev–Trinajstić information content (AvgIpc) is 2.67. The van der Waals surface area contributed by atoms with Gasteiger partial charge in [0.2, 0.25) is 0 Å². The van der Waals surface area contributed by atoms with E-state index in [0.717, 1.165) is 18.4 Å². The van der Waals surface area contributed by atoms with Gasteiger partial charge < -0.3 is 0 Å². The third kappa shape index (κ3) is 4.53. The highest BCUT2D eigenvalue weighted by Crippen LogP contribution is 2.09. The number of aromatic nitrogens is 1. The van der Waals surface area contributed by atoms with Gasteiger partial charge in [0.05, 0.1) is 6.54 Å². The molecule has 0 saturated heterocycles. The van der Waals surface area contributed by atoms with Crippen molar-refractivity contribution in [2.75, 3.05) is 18.4 Å². The van der Waals surface area contributed by atoms with Crippen molar-refractivity contribution >= 4 is 27.3 Å². The van der Waals surface area contributed by atoms with Gasteiger partial charge in [0.25, 0.3) is 0 Å². The normalized spacial score (nSPS) is 11.1. The van der Waals surface area contributed by atoms with E-state index in [1.165, 1.54) is 24.4 Å². The summed E-state index contributed by atoms with van der Waals surface area (Å²) >= 11 is 5.23. The van der Waals surface area contributed by atoms with Crippen LogP contribution in [0.4, 0.5) is 0 Å². The van der Waals surface area contributed by atoms with E-state index in [2.05, 4.69) is 32.7 Å². The predicted molar refractivity (Wildman–Crippen MR) is 66.1 cm³/mol. The van der Waals surface area contributed by atoms with Crippen molar-refractivity contribution in [2.45, 2.75) is 26.3 Å². The zero-order valence-corrected chi connectivity index (χ0v) is 11.0. The Labute approximate surface area is 98.5 Å². The molecule has 1 heterocycles. The minimum absolute atomic E-state index is 1.00. The van der Waals surface area contributed by atoms with E-state index in [0.29, 0.717) is 0 Å². The van der Waals surface area contributed by atoms with Gasteiger partial charge in [-0.1, -0.05) is 29.3 Å². The molecule has 1 aromatic heterocycles. The first-order valence-corrected chi connectivity index (χ1v) is 7.03. The molecule has 0 atom stereocenters. The second kappa shape index (κ2) is 7.37. The van der Waals surface area contributed by atoms with Crippen LogP contribution in [0.2, 0.25) is 0 Å². The summed E-state index contributed by atoms with van der Waals surface area (Å²) in [6.07, 6.45) is 4.42. The molecule has 0 saturated carbocycles. The van der Waals surface area contributed by atoms with Crippen molar-refractivity contribution < 1.29 is 0 Å². The Balaban J connectivity index is 2.34. The smallest absolute Gasteiger partial charge is 0.107 e. The number of alkyl halides is 1. The fourth-order valence-electron chi connectivity index (χ4n) is 1.29. The van der Waals surface area contributed by atoms with Crippen molar-refractivity contribution in [3.05, 3.63) is 16.6 Å². The summed E-state index contributed by atoms with van der Waals surface area (Å²) in [5, 5.41) is 4.31. The van der Waals surface area contributed by atoms with Crippen molar-refractivity contribution in [1.82, 2.24) is 9.88 Å². The lowest BCUT2D eigenvalue weighted by Crippen LogP contribution is -2.26. The SMILES string of the molecule is CCCCN(CCBr)Cc1nccs1. The molecule has 2 nitrogen and oxygen atoms in total. The monoisotopic (exact) mass is 276 g/mol. The van der Waals surface area contributed by atoms with E-state index in [9.17, 15) is 0 Å². The summed E-state index contributed by atoms with van der Waals surface area (Å²) in [5.41, 5.74) is 0. The first-order chi connectivity index (χ1) is 6.86. The van der Waals surface area contributed by atoms with E-state index in [1.54, 1.807) is 11.3 Å². The van der Waals surface area contributed by atoms with Crippen molar-refractivity contribution in [2.24, 2.45) is 0 Å². The molecule has 0 spiro atoms. The fraction of sp³-hybridized carbons (Fsp3) is 0.700. The highest BCUT2D eigenvalue weighted by Gasteiger charge is 2.05. The molecule has 0 fully saturated rings. The van der Waals surface area contributed by atoms with E-state index < -0.39 is 0 Å². The summed E-state index contributed by atoms with van der Waals surface area (Å²) in [6.45, 7) is 5.53. The third-order valence-corrected chi connectivity index (χ3v) is 3.19. The van der Waals surface area contributed by atoms with Gasteiger partial charge in [0.1, 0.15) is 5.01 Å². The highest BCUT2D eigenvalue weighted by molar-refractivity contribution is 9.09. The molecule has 0 aliphatic carbocycles. The minimum atomic E-state index is 1.00. The lowest BCUT2D eigenvalue weighted by Gasteiger charge is -2.19. The van der Waals surface area contributed by atoms with Gasteiger partial charge in [0, 0.05) is 23.5 Å². The molecule has 0 aliphatic heterocycles. The van der Waals surface area contributed by atoms with Gasteiger partial charge in [-0.2, -0.15) is 0 Å². The number of halogens is 1. The molecule has 1 rings (SSSR count). The largest absolute Gasteiger partial charge is 0.296 e. The maximum absolute atomic E-state index is 4.31. The van der Waals surface area contributed by atoms with Crippen LogP contribution in [-0.4, -0.2) is 28.3 Å². The van der Waals surface area contributed by atoms with E-state index in [-0.39, 0.29) is 0 Å². The van der Waals surface area contributed by atoms with E-state index in [4.69, 9.17) is 0 Å². The molecule has 0 amide bonds. The number of rotatable bonds is 7. The summed E-state index contributed by atoms with van der Waals surface area (Å²) in [5.74, 6) is 0. The first-order valence-electron chi connectivity index (χ1n) is 5.03. The Hall–Kier alpha value is 0.0700. The predicted octanol–water partition coefficient (Wildman–Crippen LogP) is 3.14. The minimum Gasteiger partial charge on any atom is -0.296 e. The Morgan fingerprint density at radius 1 is 1.50 bits per heavy atom. The number of thiazole rings is 1. The third-order valence-electron chi connectivity index (χ3n) is 2.07. The fourth-order valence-corrected chi connectivity index (χ4v) is 2.45. The topological polar surface area (TPSA) is 16.1 Å². The van der Waals surface area contributed by atoms with Crippen LogP contribution in [0.5, 0.6) is 0 Å². The van der Waals surface area contributed by atoms with Gasteiger partial charge in [-0.25, -0.2) is 4.98 Å². The Kier molecular flexibility index (Phi) is 6.39. The van der Waals surface area contributed by atoms with Crippen LogP contribution in [0.3, 0.4) is 0 Å². The van der Waals surface area contributed by atoms with Gasteiger partial charge in [-0.3, -0.25) is 4.90 Å². The number of hydrogen-bond donors (Lipinski definition) is 0. The zero-order valence-electron chi connectivity index (χ0n) is 8.58. The molecule has 0 aromatic carbocycles. The Morgan fingerprint density at radius 2 is 2.36 bits per heavy atom. The summed E-state index contributed by atoms with van der Waals surface area (Å²) in [4.78, 5) is 6.76. The standard InChI is InChI=1S/C10H17BrN2S/c1-2-3-6-13(7-4-11)9-10-12-5-8-14-10/h5,8H,2-4,6-7,9H2,1H3. The molecular formula is C10H17BrN2S. The maximum atomic E-state index is 4.31. The van der Waals surface area contributed by atoms with E-state index in [1.807, 2.05) is 11.6 Å². The van der Waals surface area contributed by atoms with Crippen LogP contribution in [-0.2, 0) is 6.54 Å². The molecule has 80 valence electrons. The van der Waals surface area contributed by atoms with E-state index >= 15 is 0 Å². The summed E-state index contributed by atoms with van der Waals surface area (Å²) in [6, 6.07) is 0. The summed E-state index contributed by atoms with van der Waals surface area (Å²) < 4.78 is 0. The van der Waals surface area contributed by atoms with Crippen molar-refractivity contribution in [3.8, 4) is 0 Å². The van der Waals surface area contributed by atoms with Crippen LogP contribution in [0.1, 0.15) is 24.8 Å². The number of unbranched alkanes of at least 4 members (excludes halogenated alkanes) is 1. The van der Waals surface area contributed by atoms with Gasteiger partial charge >= 0.3 is 0 Å². The van der Waals surface area contributed by atoms with Gasteiger partial charge in [-0.15, -0.1) is 11.3 Å². The van der Waals surface area contributed by atoms with Gasteiger partial charge in [-0.05, 0) is 13.0 Å². The highest BCUT2D eigenvalue weighted by atomic mass is 79.9. The molecule has 0 radical (unpaired) electrons. The lowest BCUT2D eigenvalue weighted by molar-refractivity contribution is 0.278. The molecule has 1 aromatic rings. The first kappa shape index (κ1) is 12.1. The van der Waals surface area contributed by atoms with Crippen LogP contribution in [0, 0.1) is 0 Å². The molecule has 14 heavy (non-hydrogen) atoms. The quantitative estimate of drug-likeness (QED) is 0.712. The number of hydrogen-bond acceptors (Lipinski definition) is 3. The average molecular weight is 277 g/mol. The van der Waals surface area contributed by atoms with Crippen LogP contribution in [0.25, 0.3) is 0 Å². The second-order valence-corrected chi connectivity index (χ2v) is 5.02. The zero-order chi connectivity index (χ0) is 10.2. The van der Waals surface area contributed by atoms with Crippen molar-refractivity contribution in [3.63, 3.8) is 0 Å². The van der Waals surface area contributed by atoms with Crippen LogP contribution in [0.15, 0.2) is 11.6 Å². The molecular weight excluding hydrogens is 260 g/mol. The lowest BCUT2D eigenvalue weighted by atomic mass is 10.3. The molecule has 0 bridgehead atoms. The summed E-state index contributed by atoms with van der Waals surface area (Å²) in [7, 11) is 0. The molecule has 4 heteroatoms. The maximum Gasteiger partial charge on any atom is 0.107 e. The number of nitrogens with zero attached hydrogens (tertiary/aromatic N) is 2. The van der Waals surface area contributed by atoms with Crippen molar-refractivity contribution in [1.29, 1.82) is 0 Å². The molecule has 0 aliphatic rings. The molecule has 0 N–H and O–H groups in total. The Morgan fingerprint density at radius 3 is 2.93 bits per heavy atom. The van der Waals surface area contributed by atoms with Crippen LogP contribution < -0.4 is 0 Å². The van der Waals surface area contributed by atoms with Crippen LogP contribution >= 0.6 is 27.3 Å². The molecule has 0 unspecified atom stereocenters. The second-order valence-electron chi connectivity index (χ2n) is 3.24. The Bertz CT molecular complexity index is 226.